The quantitative estimate of drug-likeness (QED) is 0.162. The number of carboxylic acids is 2. The SMILES string of the molecule is CC1=C[C@H](/C=C(\C)C2CCC(C(=O)O)CC2)[C@@]2(C(=O)O)C=C[C@H](CCOC(=O)c3ccc(NCCc4ccccc4)cc3)C[C@H]2C1. The Kier molecular flexibility index (Phi) is 10.8. The number of aliphatic carboxylic acids is 2. The predicted molar refractivity (Wildman–Crippen MR) is 179 cm³/mol. The van der Waals surface area contributed by atoms with Crippen molar-refractivity contribution in [1.82, 2.24) is 0 Å². The van der Waals surface area contributed by atoms with Crippen molar-refractivity contribution in [1.29, 1.82) is 0 Å². The van der Waals surface area contributed by atoms with Crippen molar-refractivity contribution in [3.63, 3.8) is 0 Å². The average molecular weight is 626 g/mol. The van der Waals surface area contributed by atoms with Gasteiger partial charge in [-0.25, -0.2) is 4.79 Å². The summed E-state index contributed by atoms with van der Waals surface area (Å²) in [6.07, 6.45) is 14.2. The van der Waals surface area contributed by atoms with E-state index in [1.54, 1.807) is 12.1 Å². The standard InChI is InChI=1S/C39H47NO6/c1-26-22-33(24-27(2)30-8-10-31(11-9-30)36(41)42)39(38(44)45)19-16-29(25-34(39)23-26)18-21-46-37(43)32-12-14-35(15-13-32)40-20-17-28-6-4-3-5-7-28/h3-7,12-16,19,22,24,29-31,33-34,40H,8-11,17-18,20-21,23,25H2,1-2H3,(H,41,42)(H,44,45)/b27-24+/t29-,30?,31?,33-,34-,39+/m1/s1. The third-order valence-electron chi connectivity index (χ3n) is 10.5. The molecule has 46 heavy (non-hydrogen) atoms. The number of carbonyl (C=O) groups is 3. The Morgan fingerprint density at radius 2 is 1.67 bits per heavy atom. The highest BCUT2D eigenvalue weighted by atomic mass is 16.5. The van der Waals surface area contributed by atoms with Crippen LogP contribution < -0.4 is 5.32 Å². The van der Waals surface area contributed by atoms with Crippen molar-refractivity contribution in [3.8, 4) is 0 Å². The Bertz CT molecular complexity index is 1470. The summed E-state index contributed by atoms with van der Waals surface area (Å²) in [5.41, 5.74) is 4.08. The molecule has 0 amide bonds. The van der Waals surface area contributed by atoms with E-state index in [0.29, 0.717) is 24.8 Å². The molecule has 0 aliphatic heterocycles. The van der Waals surface area contributed by atoms with Crippen LogP contribution in [0.15, 0.2) is 90.0 Å². The monoisotopic (exact) mass is 625 g/mol. The molecule has 2 aromatic rings. The van der Waals surface area contributed by atoms with Gasteiger partial charge in [-0.2, -0.15) is 0 Å². The number of nitrogens with one attached hydrogen (secondary N) is 1. The molecule has 0 radical (unpaired) electrons. The molecule has 0 aromatic heterocycles. The highest BCUT2D eigenvalue weighted by molar-refractivity contribution is 5.89. The van der Waals surface area contributed by atoms with Gasteiger partial charge < -0.3 is 20.3 Å². The maximum absolute atomic E-state index is 13.0. The van der Waals surface area contributed by atoms with Crippen LogP contribution in [0.3, 0.4) is 0 Å². The molecule has 7 nitrogen and oxygen atoms in total. The Balaban J connectivity index is 1.15. The number of benzene rings is 2. The molecule has 1 fully saturated rings. The molecule has 0 heterocycles. The molecule has 5 rings (SSSR count). The van der Waals surface area contributed by atoms with Crippen molar-refractivity contribution in [2.24, 2.45) is 35.0 Å². The zero-order chi connectivity index (χ0) is 32.7. The zero-order valence-electron chi connectivity index (χ0n) is 27.0. The van der Waals surface area contributed by atoms with Crippen LogP contribution in [0.4, 0.5) is 5.69 Å². The molecular formula is C39H47NO6. The highest BCUT2D eigenvalue weighted by Crippen LogP contribution is 2.53. The molecule has 7 heteroatoms. The minimum Gasteiger partial charge on any atom is -0.481 e. The average Bonchev–Trinajstić information content (AvgIpc) is 3.05. The second-order valence-electron chi connectivity index (χ2n) is 13.5. The summed E-state index contributed by atoms with van der Waals surface area (Å²) in [7, 11) is 0. The normalized spacial score (nSPS) is 27.7. The first kappa shape index (κ1) is 33.2. The van der Waals surface area contributed by atoms with Gasteiger partial charge >= 0.3 is 17.9 Å². The van der Waals surface area contributed by atoms with Crippen molar-refractivity contribution >= 4 is 23.6 Å². The lowest BCUT2D eigenvalue weighted by atomic mass is 9.56. The molecular weight excluding hydrogens is 578 g/mol. The third kappa shape index (κ3) is 7.80. The van der Waals surface area contributed by atoms with Crippen molar-refractivity contribution in [2.45, 2.75) is 65.2 Å². The number of ether oxygens (including phenoxy) is 1. The molecule has 244 valence electrons. The van der Waals surface area contributed by atoms with Gasteiger partial charge in [0.1, 0.15) is 0 Å². The van der Waals surface area contributed by atoms with Crippen molar-refractivity contribution in [3.05, 3.63) is 101 Å². The van der Waals surface area contributed by atoms with E-state index in [1.807, 2.05) is 42.5 Å². The first-order chi connectivity index (χ1) is 22.2. The van der Waals surface area contributed by atoms with Gasteiger partial charge in [-0.1, -0.05) is 65.8 Å². The fraction of sp³-hybridized carbons (Fsp3) is 0.462. The first-order valence-corrected chi connectivity index (χ1v) is 16.7. The number of rotatable bonds is 12. The number of carbonyl (C=O) groups excluding carboxylic acids is 1. The minimum atomic E-state index is -1.01. The topological polar surface area (TPSA) is 113 Å². The summed E-state index contributed by atoms with van der Waals surface area (Å²) < 4.78 is 5.64. The summed E-state index contributed by atoms with van der Waals surface area (Å²) in [6, 6.07) is 17.6. The lowest BCUT2D eigenvalue weighted by Gasteiger charge is -2.46. The van der Waals surface area contributed by atoms with Crippen LogP contribution in [-0.4, -0.2) is 41.3 Å². The minimum absolute atomic E-state index is 0.0561. The van der Waals surface area contributed by atoms with Crippen LogP contribution in [0.1, 0.15) is 74.7 Å². The largest absolute Gasteiger partial charge is 0.481 e. The Morgan fingerprint density at radius 1 is 0.978 bits per heavy atom. The maximum Gasteiger partial charge on any atom is 0.338 e. The van der Waals surface area contributed by atoms with E-state index in [2.05, 4.69) is 43.4 Å². The van der Waals surface area contributed by atoms with Crippen LogP contribution in [0.5, 0.6) is 0 Å². The number of fused-ring (bicyclic) bond motifs is 1. The Labute approximate surface area is 272 Å². The fourth-order valence-electron chi connectivity index (χ4n) is 7.72. The van der Waals surface area contributed by atoms with Gasteiger partial charge in [-0.05, 0) is 113 Å². The molecule has 3 N–H and O–H groups in total. The summed E-state index contributed by atoms with van der Waals surface area (Å²) in [5.74, 6) is -2.04. The maximum atomic E-state index is 13.0. The van der Waals surface area contributed by atoms with Gasteiger partial charge in [0.15, 0.2) is 0 Å². The van der Waals surface area contributed by atoms with Crippen LogP contribution in [0.25, 0.3) is 0 Å². The molecule has 0 spiro atoms. The predicted octanol–water partition coefficient (Wildman–Crippen LogP) is 7.95. The number of hydrogen-bond donors (Lipinski definition) is 3. The van der Waals surface area contributed by atoms with E-state index in [1.165, 1.54) is 11.1 Å². The molecule has 3 aliphatic carbocycles. The fourth-order valence-corrected chi connectivity index (χ4v) is 7.72. The molecule has 0 unspecified atom stereocenters. The van der Waals surface area contributed by atoms with Crippen LogP contribution in [0.2, 0.25) is 0 Å². The summed E-state index contributed by atoms with van der Waals surface area (Å²) >= 11 is 0. The summed E-state index contributed by atoms with van der Waals surface area (Å²) in [4.78, 5) is 37.1. The Hall–Kier alpha value is -4.13. The second kappa shape index (κ2) is 15.0. The van der Waals surface area contributed by atoms with Crippen LogP contribution in [-0.2, 0) is 20.7 Å². The molecule has 4 atom stereocenters. The number of carboxylic acid groups (broad SMARTS) is 2. The van der Waals surface area contributed by atoms with Gasteiger partial charge in [0, 0.05) is 18.2 Å². The van der Waals surface area contributed by atoms with Gasteiger partial charge in [-0.15, -0.1) is 0 Å². The Morgan fingerprint density at radius 3 is 2.35 bits per heavy atom. The number of anilines is 1. The van der Waals surface area contributed by atoms with Gasteiger partial charge in [0.2, 0.25) is 0 Å². The zero-order valence-corrected chi connectivity index (χ0v) is 27.0. The van der Waals surface area contributed by atoms with Crippen LogP contribution >= 0.6 is 0 Å². The van der Waals surface area contributed by atoms with Crippen molar-refractivity contribution < 1.29 is 29.3 Å². The summed E-state index contributed by atoms with van der Waals surface area (Å²) in [6.45, 7) is 5.23. The van der Waals surface area contributed by atoms with E-state index in [0.717, 1.165) is 49.9 Å². The number of hydrogen-bond acceptors (Lipinski definition) is 5. The lowest BCUT2D eigenvalue weighted by molar-refractivity contribution is -0.152. The smallest absolute Gasteiger partial charge is 0.338 e. The summed E-state index contributed by atoms with van der Waals surface area (Å²) in [5, 5.41) is 23.4. The first-order valence-electron chi connectivity index (χ1n) is 16.7. The van der Waals surface area contributed by atoms with Gasteiger partial charge in [-0.3, -0.25) is 9.59 Å². The van der Waals surface area contributed by atoms with Crippen LogP contribution in [0, 0.1) is 35.0 Å². The van der Waals surface area contributed by atoms with Crippen molar-refractivity contribution in [2.75, 3.05) is 18.5 Å². The van der Waals surface area contributed by atoms with Gasteiger partial charge in [0.25, 0.3) is 0 Å². The number of esters is 1. The third-order valence-corrected chi connectivity index (χ3v) is 10.5. The molecule has 3 aliphatic rings. The lowest BCUT2D eigenvalue weighted by Crippen LogP contribution is -2.47. The van der Waals surface area contributed by atoms with E-state index >= 15 is 0 Å². The van der Waals surface area contributed by atoms with E-state index in [4.69, 9.17) is 4.74 Å². The molecule has 0 saturated heterocycles. The van der Waals surface area contributed by atoms with E-state index in [-0.39, 0.29) is 42.2 Å². The second-order valence-corrected chi connectivity index (χ2v) is 13.5. The highest BCUT2D eigenvalue weighted by Gasteiger charge is 2.52. The van der Waals surface area contributed by atoms with E-state index in [9.17, 15) is 24.6 Å². The van der Waals surface area contributed by atoms with Gasteiger partial charge in [0.05, 0.1) is 23.5 Å². The molecule has 2 aromatic carbocycles. The molecule has 0 bridgehead atoms. The molecule has 1 saturated carbocycles. The number of allylic oxidation sites excluding steroid dienone is 5. The van der Waals surface area contributed by atoms with E-state index < -0.39 is 17.4 Å².